The van der Waals surface area contributed by atoms with E-state index in [0.717, 1.165) is 0 Å². The Hall–Kier alpha value is -4.74. The molecule has 0 aliphatic rings. The Morgan fingerprint density at radius 1 is 0.707 bits per heavy atom. The van der Waals surface area contributed by atoms with Gasteiger partial charge >= 0.3 is 29.8 Å². The lowest BCUT2D eigenvalue weighted by Crippen LogP contribution is -2.32. The minimum atomic E-state index is -1.35. The number of esters is 4. The van der Waals surface area contributed by atoms with Crippen molar-refractivity contribution in [2.24, 2.45) is 5.73 Å². The lowest BCUT2D eigenvalue weighted by molar-refractivity contribution is -0.145. The summed E-state index contributed by atoms with van der Waals surface area (Å²) in [6.07, 6.45) is -2.81. The summed E-state index contributed by atoms with van der Waals surface area (Å²) in [6, 6.07) is 18.8. The van der Waals surface area contributed by atoms with Gasteiger partial charge in [0.25, 0.3) is 0 Å². The number of halogens is 1. The zero-order chi connectivity index (χ0) is 29.2. The van der Waals surface area contributed by atoms with Crippen molar-refractivity contribution in [3.8, 4) is 11.5 Å². The molecule has 0 amide bonds. The van der Waals surface area contributed by atoms with Crippen LogP contribution in [-0.4, -0.2) is 53.2 Å². The molecule has 0 saturated heterocycles. The third-order valence-corrected chi connectivity index (χ3v) is 5.45. The van der Waals surface area contributed by atoms with Crippen LogP contribution in [0.2, 0.25) is 0 Å². The fraction of sp³-hybridized carbons (Fsp3) is 0.207. The van der Waals surface area contributed by atoms with Crippen molar-refractivity contribution in [3.05, 3.63) is 95.6 Å². The SMILES string of the molecule is CC(OC(=O)c1ccccc1)C(=O)Oc1ccc(C[C@H](N)C(=O)O)cc1OC(=O)C(C)OC(=O)c1ccccc1.Cl. The second-order valence-electron chi connectivity index (χ2n) is 8.60. The minimum Gasteiger partial charge on any atom is -0.480 e. The van der Waals surface area contributed by atoms with E-state index >= 15 is 0 Å². The Morgan fingerprint density at radius 3 is 1.59 bits per heavy atom. The summed E-state index contributed by atoms with van der Waals surface area (Å²) in [5, 5.41) is 9.13. The van der Waals surface area contributed by atoms with Crippen molar-refractivity contribution < 1.29 is 48.0 Å². The van der Waals surface area contributed by atoms with E-state index in [2.05, 4.69) is 0 Å². The Labute approximate surface area is 241 Å². The van der Waals surface area contributed by atoms with Crippen molar-refractivity contribution >= 4 is 42.3 Å². The van der Waals surface area contributed by atoms with Gasteiger partial charge in [0.1, 0.15) is 6.04 Å². The van der Waals surface area contributed by atoms with E-state index in [1.54, 1.807) is 36.4 Å². The number of aliphatic carboxylic acids is 1. The fourth-order valence-corrected chi connectivity index (χ4v) is 3.27. The Balaban J connectivity index is 0.00000588. The molecule has 0 aliphatic carbocycles. The normalized spacial score (nSPS) is 12.5. The minimum absolute atomic E-state index is 0. The first kappa shape index (κ1) is 32.5. The zero-order valence-corrected chi connectivity index (χ0v) is 22.9. The van der Waals surface area contributed by atoms with Gasteiger partial charge in [0.15, 0.2) is 23.7 Å². The molecule has 0 fully saturated rings. The number of carboxylic acids is 1. The first-order valence-electron chi connectivity index (χ1n) is 12.1. The molecule has 11 nitrogen and oxygen atoms in total. The Bertz CT molecular complexity index is 1380. The summed E-state index contributed by atoms with van der Waals surface area (Å²) in [6.45, 7) is 2.60. The van der Waals surface area contributed by atoms with Crippen LogP contribution in [0.5, 0.6) is 11.5 Å². The fourth-order valence-electron chi connectivity index (χ4n) is 3.27. The second kappa shape index (κ2) is 15.2. The summed E-state index contributed by atoms with van der Waals surface area (Å²) in [4.78, 5) is 61.3. The Morgan fingerprint density at radius 2 is 1.15 bits per heavy atom. The average molecular weight is 586 g/mol. The maximum Gasteiger partial charge on any atom is 0.352 e. The van der Waals surface area contributed by atoms with Crippen LogP contribution in [-0.2, 0) is 30.3 Å². The molecule has 0 spiro atoms. The van der Waals surface area contributed by atoms with Crippen LogP contribution in [0.15, 0.2) is 78.9 Å². The second-order valence-corrected chi connectivity index (χ2v) is 8.60. The van der Waals surface area contributed by atoms with Crippen molar-refractivity contribution in [2.45, 2.75) is 38.5 Å². The molecular weight excluding hydrogens is 558 g/mol. The van der Waals surface area contributed by atoms with E-state index < -0.39 is 48.1 Å². The molecule has 12 heteroatoms. The van der Waals surface area contributed by atoms with Gasteiger partial charge in [0.2, 0.25) is 0 Å². The smallest absolute Gasteiger partial charge is 0.352 e. The predicted molar refractivity (Wildman–Crippen MR) is 147 cm³/mol. The molecule has 0 bridgehead atoms. The summed E-state index contributed by atoms with van der Waals surface area (Å²) in [7, 11) is 0. The van der Waals surface area contributed by atoms with E-state index in [-0.39, 0.29) is 41.5 Å². The van der Waals surface area contributed by atoms with Gasteiger partial charge in [-0.1, -0.05) is 42.5 Å². The first-order chi connectivity index (χ1) is 19.0. The molecule has 0 heterocycles. The van der Waals surface area contributed by atoms with Crippen molar-refractivity contribution in [1.82, 2.24) is 0 Å². The van der Waals surface area contributed by atoms with Gasteiger partial charge in [-0.2, -0.15) is 0 Å². The monoisotopic (exact) mass is 585 g/mol. The van der Waals surface area contributed by atoms with E-state index in [4.69, 9.17) is 29.8 Å². The first-order valence-corrected chi connectivity index (χ1v) is 12.1. The number of benzene rings is 3. The van der Waals surface area contributed by atoms with Gasteiger partial charge in [0, 0.05) is 0 Å². The number of hydrogen-bond donors (Lipinski definition) is 2. The third-order valence-electron chi connectivity index (χ3n) is 5.45. The number of carboxylic acid groups (broad SMARTS) is 1. The summed E-state index contributed by atoms with van der Waals surface area (Å²) < 4.78 is 21.0. The van der Waals surface area contributed by atoms with Crippen LogP contribution in [0.3, 0.4) is 0 Å². The van der Waals surface area contributed by atoms with Gasteiger partial charge in [0.05, 0.1) is 11.1 Å². The molecule has 0 aliphatic heterocycles. The molecule has 3 aromatic rings. The van der Waals surface area contributed by atoms with Crippen LogP contribution in [0.25, 0.3) is 0 Å². The molecule has 0 aromatic heterocycles. The quantitative estimate of drug-likeness (QED) is 0.250. The van der Waals surface area contributed by atoms with Gasteiger partial charge < -0.3 is 29.8 Å². The molecule has 3 aromatic carbocycles. The number of ether oxygens (including phenoxy) is 4. The van der Waals surface area contributed by atoms with Crippen LogP contribution in [0.4, 0.5) is 0 Å². The molecular formula is C29H28ClNO10. The zero-order valence-electron chi connectivity index (χ0n) is 22.1. The van der Waals surface area contributed by atoms with E-state index in [0.29, 0.717) is 5.56 Å². The van der Waals surface area contributed by atoms with Crippen molar-refractivity contribution in [3.63, 3.8) is 0 Å². The highest BCUT2D eigenvalue weighted by molar-refractivity contribution is 5.92. The third kappa shape index (κ3) is 9.45. The van der Waals surface area contributed by atoms with Gasteiger partial charge in [-0.15, -0.1) is 12.4 Å². The largest absolute Gasteiger partial charge is 0.480 e. The molecule has 3 N–H and O–H groups in total. The molecule has 3 atom stereocenters. The van der Waals surface area contributed by atoms with Gasteiger partial charge in [-0.05, 0) is 62.2 Å². The summed E-state index contributed by atoms with van der Waals surface area (Å²) in [5.74, 6) is -5.21. The lowest BCUT2D eigenvalue weighted by atomic mass is 10.1. The van der Waals surface area contributed by atoms with E-state index in [9.17, 15) is 24.0 Å². The highest BCUT2D eigenvalue weighted by Gasteiger charge is 2.26. The number of rotatable bonds is 11. The van der Waals surface area contributed by atoms with Gasteiger partial charge in [-0.25, -0.2) is 19.2 Å². The Kier molecular flexibility index (Phi) is 12.0. The van der Waals surface area contributed by atoms with Crippen LogP contribution >= 0.6 is 12.4 Å². The van der Waals surface area contributed by atoms with E-state index in [1.165, 1.54) is 56.3 Å². The van der Waals surface area contributed by atoms with Crippen molar-refractivity contribution in [2.75, 3.05) is 0 Å². The molecule has 41 heavy (non-hydrogen) atoms. The molecule has 216 valence electrons. The summed E-state index contributed by atoms with van der Waals surface area (Å²) >= 11 is 0. The maximum atomic E-state index is 12.8. The average Bonchev–Trinajstić information content (AvgIpc) is 2.94. The molecule has 2 unspecified atom stereocenters. The highest BCUT2D eigenvalue weighted by Crippen LogP contribution is 2.30. The number of nitrogens with two attached hydrogens (primary N) is 1. The molecule has 3 rings (SSSR count). The van der Waals surface area contributed by atoms with Crippen LogP contribution in [0.1, 0.15) is 40.1 Å². The maximum absolute atomic E-state index is 12.8. The van der Waals surface area contributed by atoms with Crippen molar-refractivity contribution in [1.29, 1.82) is 0 Å². The standard InChI is InChI=1S/C29H27NO10.ClH/c1-17(37-28(35)20-9-5-3-6-10-20)26(33)39-23-14-13-19(15-22(30)25(31)32)16-24(23)40-27(34)18(2)38-29(36)21-11-7-4-8-12-21;/h3-14,16-18,22H,15,30H2,1-2H3,(H,31,32);1H/t17?,18?,22-;/m0./s1. The molecule has 0 saturated carbocycles. The van der Waals surface area contributed by atoms with E-state index in [1.807, 2.05) is 0 Å². The number of carbonyl (C=O) groups excluding carboxylic acids is 4. The predicted octanol–water partition coefficient (Wildman–Crippen LogP) is 3.36. The topological polar surface area (TPSA) is 169 Å². The molecule has 0 radical (unpaired) electrons. The summed E-state index contributed by atoms with van der Waals surface area (Å²) in [5.41, 5.74) is 6.42. The highest BCUT2D eigenvalue weighted by atomic mass is 35.5. The number of hydrogen-bond acceptors (Lipinski definition) is 10. The van der Waals surface area contributed by atoms with Gasteiger partial charge in [-0.3, -0.25) is 4.79 Å². The van der Waals surface area contributed by atoms with Crippen LogP contribution < -0.4 is 15.2 Å². The van der Waals surface area contributed by atoms with Crippen LogP contribution in [0, 0.1) is 0 Å². The number of carbonyl (C=O) groups is 5. The lowest BCUT2D eigenvalue weighted by Gasteiger charge is -2.17.